The standard InChI is InChI=1S/C9H16N2O3S/c1-15(13,14)5-4-10-6-9(7-10)2-3-11(9)8-12/h8H,2-7H2,1H3. The fraction of sp³-hybridized carbons (Fsp3) is 0.889. The number of rotatable bonds is 4. The Morgan fingerprint density at radius 2 is 2.07 bits per heavy atom. The Balaban J connectivity index is 1.77. The van der Waals surface area contributed by atoms with Crippen LogP contribution < -0.4 is 0 Å². The van der Waals surface area contributed by atoms with E-state index >= 15 is 0 Å². The Labute approximate surface area is 90.0 Å². The van der Waals surface area contributed by atoms with Gasteiger partial charge in [0, 0.05) is 32.4 Å². The first kappa shape index (κ1) is 10.9. The predicted octanol–water partition coefficient (Wildman–Crippen LogP) is -1.05. The highest BCUT2D eigenvalue weighted by atomic mass is 32.2. The molecule has 86 valence electrons. The van der Waals surface area contributed by atoms with E-state index in [-0.39, 0.29) is 11.3 Å². The van der Waals surface area contributed by atoms with Gasteiger partial charge in [0.05, 0.1) is 11.3 Å². The Bertz CT molecular complexity index is 360. The van der Waals surface area contributed by atoms with Gasteiger partial charge in [-0.2, -0.15) is 0 Å². The van der Waals surface area contributed by atoms with Crippen LogP contribution in [0.15, 0.2) is 0 Å². The molecule has 0 aromatic carbocycles. The first-order valence-corrected chi connectivity index (χ1v) is 7.13. The van der Waals surface area contributed by atoms with Crippen LogP contribution in [-0.2, 0) is 14.6 Å². The number of carbonyl (C=O) groups is 1. The van der Waals surface area contributed by atoms with Gasteiger partial charge in [0.2, 0.25) is 6.41 Å². The van der Waals surface area contributed by atoms with Gasteiger partial charge in [0.15, 0.2) is 0 Å². The second-order valence-electron chi connectivity index (χ2n) is 4.61. The van der Waals surface area contributed by atoms with Crippen LogP contribution in [0.1, 0.15) is 6.42 Å². The van der Waals surface area contributed by atoms with Gasteiger partial charge in [-0.05, 0) is 6.42 Å². The molecule has 0 bridgehead atoms. The van der Waals surface area contributed by atoms with Gasteiger partial charge in [0.25, 0.3) is 0 Å². The lowest BCUT2D eigenvalue weighted by Crippen LogP contribution is -2.76. The number of likely N-dealkylation sites (tertiary alicyclic amines) is 2. The van der Waals surface area contributed by atoms with Crippen molar-refractivity contribution in [3.05, 3.63) is 0 Å². The quantitative estimate of drug-likeness (QED) is 0.580. The van der Waals surface area contributed by atoms with E-state index < -0.39 is 9.84 Å². The number of hydrogen-bond donors (Lipinski definition) is 0. The zero-order valence-corrected chi connectivity index (χ0v) is 9.66. The van der Waals surface area contributed by atoms with E-state index in [1.54, 1.807) is 0 Å². The molecule has 0 aliphatic carbocycles. The van der Waals surface area contributed by atoms with Crippen LogP contribution in [0.5, 0.6) is 0 Å². The summed E-state index contributed by atoms with van der Waals surface area (Å²) in [5.41, 5.74) is 0.0548. The molecule has 2 aliphatic heterocycles. The average Bonchev–Trinajstić information content (AvgIpc) is 1.98. The normalized spacial score (nSPS) is 24.7. The minimum Gasteiger partial charge on any atom is -0.337 e. The van der Waals surface area contributed by atoms with E-state index in [0.29, 0.717) is 6.54 Å². The lowest BCUT2D eigenvalue weighted by molar-refractivity contribution is -0.151. The largest absolute Gasteiger partial charge is 0.337 e. The molecular weight excluding hydrogens is 216 g/mol. The molecule has 0 aromatic heterocycles. The molecule has 1 amide bonds. The van der Waals surface area contributed by atoms with Gasteiger partial charge in [-0.15, -0.1) is 0 Å². The topological polar surface area (TPSA) is 57.7 Å². The van der Waals surface area contributed by atoms with Gasteiger partial charge >= 0.3 is 0 Å². The van der Waals surface area contributed by atoms with E-state index in [9.17, 15) is 13.2 Å². The minimum atomic E-state index is -2.87. The third kappa shape index (κ3) is 2.01. The molecule has 15 heavy (non-hydrogen) atoms. The second-order valence-corrected chi connectivity index (χ2v) is 6.87. The third-order valence-corrected chi connectivity index (χ3v) is 4.29. The number of hydrogen-bond acceptors (Lipinski definition) is 4. The van der Waals surface area contributed by atoms with Crippen LogP contribution in [0.2, 0.25) is 0 Å². The highest BCUT2D eigenvalue weighted by Gasteiger charge is 2.52. The molecule has 6 heteroatoms. The van der Waals surface area contributed by atoms with Crippen molar-refractivity contribution in [3.63, 3.8) is 0 Å². The summed E-state index contributed by atoms with van der Waals surface area (Å²) in [5.74, 6) is 0.212. The van der Waals surface area contributed by atoms with Crippen molar-refractivity contribution < 1.29 is 13.2 Å². The Morgan fingerprint density at radius 1 is 1.40 bits per heavy atom. The number of sulfone groups is 1. The van der Waals surface area contributed by atoms with E-state index in [4.69, 9.17) is 0 Å². The van der Waals surface area contributed by atoms with Gasteiger partial charge < -0.3 is 4.90 Å². The van der Waals surface area contributed by atoms with Gasteiger partial charge in [-0.1, -0.05) is 0 Å². The fourth-order valence-electron chi connectivity index (χ4n) is 2.30. The molecule has 0 atom stereocenters. The molecule has 2 rings (SSSR count). The van der Waals surface area contributed by atoms with Crippen LogP contribution in [-0.4, -0.2) is 68.4 Å². The zero-order chi connectivity index (χ0) is 11.1. The summed E-state index contributed by atoms with van der Waals surface area (Å²) in [6.45, 7) is 3.11. The van der Waals surface area contributed by atoms with Crippen LogP contribution in [0.25, 0.3) is 0 Å². The summed E-state index contributed by atoms with van der Waals surface area (Å²) in [6.07, 6.45) is 3.21. The van der Waals surface area contributed by atoms with Crippen molar-refractivity contribution in [2.45, 2.75) is 12.0 Å². The van der Waals surface area contributed by atoms with Crippen molar-refractivity contribution in [1.29, 1.82) is 0 Å². The van der Waals surface area contributed by atoms with Gasteiger partial charge in [-0.25, -0.2) is 8.42 Å². The number of amides is 1. The molecule has 5 nitrogen and oxygen atoms in total. The number of carbonyl (C=O) groups excluding carboxylic acids is 1. The molecule has 0 radical (unpaired) electrons. The van der Waals surface area contributed by atoms with Crippen molar-refractivity contribution in [2.75, 3.05) is 38.2 Å². The van der Waals surface area contributed by atoms with E-state index in [1.165, 1.54) is 6.26 Å². The first-order valence-electron chi connectivity index (χ1n) is 5.07. The SMILES string of the molecule is CS(=O)(=O)CCN1CC2(CCN2C=O)C1. The van der Waals surface area contributed by atoms with Crippen molar-refractivity contribution in [3.8, 4) is 0 Å². The number of nitrogens with zero attached hydrogens (tertiary/aromatic N) is 2. The molecule has 0 saturated carbocycles. The van der Waals surface area contributed by atoms with Crippen molar-refractivity contribution in [1.82, 2.24) is 9.80 Å². The van der Waals surface area contributed by atoms with Crippen LogP contribution in [0, 0.1) is 0 Å². The van der Waals surface area contributed by atoms with Crippen LogP contribution >= 0.6 is 0 Å². The molecule has 0 aromatic rings. The van der Waals surface area contributed by atoms with Gasteiger partial charge in [0.1, 0.15) is 9.84 Å². The Kier molecular flexibility index (Phi) is 2.50. The smallest absolute Gasteiger partial charge is 0.210 e. The average molecular weight is 232 g/mol. The van der Waals surface area contributed by atoms with Crippen molar-refractivity contribution in [2.24, 2.45) is 0 Å². The molecular formula is C9H16N2O3S. The molecule has 1 spiro atoms. The van der Waals surface area contributed by atoms with E-state index in [1.807, 2.05) is 4.90 Å². The molecule has 2 fully saturated rings. The van der Waals surface area contributed by atoms with Crippen LogP contribution in [0.4, 0.5) is 0 Å². The highest BCUT2D eigenvalue weighted by molar-refractivity contribution is 7.90. The predicted molar refractivity (Wildman–Crippen MR) is 56.3 cm³/mol. The lowest BCUT2D eigenvalue weighted by atomic mass is 9.78. The third-order valence-electron chi connectivity index (χ3n) is 3.37. The summed E-state index contributed by atoms with van der Waals surface area (Å²) < 4.78 is 21.9. The summed E-state index contributed by atoms with van der Waals surface area (Å²) in [4.78, 5) is 14.5. The molecule has 0 unspecified atom stereocenters. The van der Waals surface area contributed by atoms with E-state index in [0.717, 1.165) is 32.5 Å². The molecule has 2 saturated heterocycles. The highest BCUT2D eigenvalue weighted by Crippen LogP contribution is 2.37. The maximum atomic E-state index is 10.9. The lowest BCUT2D eigenvalue weighted by Gasteiger charge is -2.61. The monoisotopic (exact) mass is 232 g/mol. The summed E-state index contributed by atoms with van der Waals surface area (Å²) in [6, 6.07) is 0. The van der Waals surface area contributed by atoms with Gasteiger partial charge in [-0.3, -0.25) is 9.69 Å². The van der Waals surface area contributed by atoms with E-state index in [2.05, 4.69) is 4.90 Å². The maximum Gasteiger partial charge on any atom is 0.210 e. The summed E-state index contributed by atoms with van der Waals surface area (Å²) in [7, 11) is -2.87. The molecule has 2 heterocycles. The second kappa shape index (κ2) is 3.45. The molecule has 0 N–H and O–H groups in total. The van der Waals surface area contributed by atoms with Crippen LogP contribution in [0.3, 0.4) is 0 Å². The minimum absolute atomic E-state index is 0.0548. The zero-order valence-electron chi connectivity index (χ0n) is 8.85. The molecule has 2 aliphatic rings. The first-order chi connectivity index (χ1) is 6.95. The Hall–Kier alpha value is -0.620. The maximum absolute atomic E-state index is 10.9. The fourth-order valence-corrected chi connectivity index (χ4v) is 2.89. The Morgan fingerprint density at radius 3 is 2.47 bits per heavy atom. The van der Waals surface area contributed by atoms with Crippen molar-refractivity contribution >= 4 is 16.2 Å². The summed E-state index contributed by atoms with van der Waals surface area (Å²) >= 11 is 0. The summed E-state index contributed by atoms with van der Waals surface area (Å²) in [5, 5.41) is 0.